The number of rotatable bonds is 4. The molecule has 0 saturated carbocycles. The van der Waals surface area contributed by atoms with Gasteiger partial charge in [-0.2, -0.15) is 5.10 Å². The van der Waals surface area contributed by atoms with E-state index in [-0.39, 0.29) is 11.8 Å². The number of carbonyl (C=O) groups excluding carboxylic acids is 2. The fourth-order valence-electron chi connectivity index (χ4n) is 2.89. The highest BCUT2D eigenvalue weighted by molar-refractivity contribution is 6.02. The van der Waals surface area contributed by atoms with Crippen LogP contribution in [-0.4, -0.2) is 34.2 Å². The number of piperidine rings is 1. The van der Waals surface area contributed by atoms with E-state index >= 15 is 0 Å². The summed E-state index contributed by atoms with van der Waals surface area (Å²) in [7, 11) is 0. The molecule has 1 atom stereocenters. The highest BCUT2D eigenvalue weighted by atomic mass is 16.2. The number of benzene rings is 1. The first-order valence-electron chi connectivity index (χ1n) is 8.30. The predicted molar refractivity (Wildman–Crippen MR) is 91.9 cm³/mol. The first-order chi connectivity index (χ1) is 11.6. The minimum absolute atomic E-state index is 0.0543. The van der Waals surface area contributed by atoms with Crippen LogP contribution in [0.1, 0.15) is 35.7 Å². The number of amides is 2. The summed E-state index contributed by atoms with van der Waals surface area (Å²) in [6, 6.07) is 7.39. The Morgan fingerprint density at radius 1 is 1.33 bits per heavy atom. The molecule has 2 heterocycles. The van der Waals surface area contributed by atoms with Crippen LogP contribution in [0, 0.1) is 6.92 Å². The van der Waals surface area contributed by atoms with Crippen molar-refractivity contribution in [1.82, 2.24) is 15.1 Å². The van der Waals surface area contributed by atoms with Crippen molar-refractivity contribution in [3.8, 4) is 0 Å². The number of hydrogen-bond acceptors (Lipinski definition) is 3. The average Bonchev–Trinajstić information content (AvgIpc) is 3.07. The Morgan fingerprint density at radius 3 is 2.75 bits per heavy atom. The van der Waals surface area contributed by atoms with Gasteiger partial charge in [0.25, 0.3) is 5.91 Å². The van der Waals surface area contributed by atoms with Crippen molar-refractivity contribution in [2.45, 2.75) is 39.3 Å². The molecule has 126 valence electrons. The van der Waals surface area contributed by atoms with Crippen molar-refractivity contribution in [2.24, 2.45) is 0 Å². The third-order valence-electron chi connectivity index (χ3n) is 4.31. The summed E-state index contributed by atoms with van der Waals surface area (Å²) < 4.78 is 1.69. The summed E-state index contributed by atoms with van der Waals surface area (Å²) in [4.78, 5) is 26.8. The zero-order valence-electron chi connectivity index (χ0n) is 14.0. The molecular weight excluding hydrogens is 304 g/mol. The van der Waals surface area contributed by atoms with E-state index in [9.17, 15) is 9.59 Å². The minimum Gasteiger partial charge on any atom is -0.340 e. The van der Waals surface area contributed by atoms with Crippen molar-refractivity contribution in [1.29, 1.82) is 0 Å². The molecule has 1 fully saturated rings. The Morgan fingerprint density at radius 2 is 2.08 bits per heavy atom. The molecule has 1 aromatic carbocycles. The Kier molecular flexibility index (Phi) is 4.64. The number of nitrogens with one attached hydrogen (secondary N) is 1. The molecule has 24 heavy (non-hydrogen) atoms. The molecule has 2 amide bonds. The lowest BCUT2D eigenvalue weighted by Gasteiger charge is -2.32. The number of aromatic nitrogens is 2. The topological polar surface area (TPSA) is 67.2 Å². The van der Waals surface area contributed by atoms with Gasteiger partial charge in [0.1, 0.15) is 6.04 Å². The van der Waals surface area contributed by atoms with Crippen LogP contribution in [0.3, 0.4) is 0 Å². The molecule has 0 aliphatic carbocycles. The number of carbonyl (C=O) groups is 2. The molecule has 0 spiro atoms. The Balaban J connectivity index is 1.70. The van der Waals surface area contributed by atoms with Gasteiger partial charge >= 0.3 is 0 Å². The fourth-order valence-corrected chi connectivity index (χ4v) is 2.89. The van der Waals surface area contributed by atoms with Gasteiger partial charge in [0.15, 0.2) is 0 Å². The fraction of sp³-hybridized carbons (Fsp3) is 0.389. The Labute approximate surface area is 141 Å². The molecule has 6 heteroatoms. The van der Waals surface area contributed by atoms with Gasteiger partial charge in [-0.05, 0) is 38.8 Å². The van der Waals surface area contributed by atoms with E-state index in [1.807, 2.05) is 38.1 Å². The summed E-state index contributed by atoms with van der Waals surface area (Å²) in [5.74, 6) is -0.305. The standard InChI is InChI=1S/C18H22N4O2/c1-3-21-12-14(11-19-21)17(23)20-16-5-4-10-22(18(16)24)15-8-6-13(2)7-9-15/h6-9,11-12,16H,3-5,10H2,1-2H3,(H,20,23)/t16-/m0/s1. The van der Waals surface area contributed by atoms with E-state index in [4.69, 9.17) is 0 Å². The summed E-state index contributed by atoms with van der Waals surface area (Å²) in [6.45, 7) is 5.36. The summed E-state index contributed by atoms with van der Waals surface area (Å²) >= 11 is 0. The van der Waals surface area contributed by atoms with Crippen molar-refractivity contribution < 1.29 is 9.59 Å². The molecule has 0 bridgehead atoms. The lowest BCUT2D eigenvalue weighted by molar-refractivity contribution is -0.121. The van der Waals surface area contributed by atoms with Crippen LogP contribution in [0.2, 0.25) is 0 Å². The average molecular weight is 326 g/mol. The van der Waals surface area contributed by atoms with Crippen LogP contribution in [0.5, 0.6) is 0 Å². The number of anilines is 1. The van der Waals surface area contributed by atoms with Gasteiger partial charge in [-0.15, -0.1) is 0 Å². The second kappa shape index (κ2) is 6.86. The quantitative estimate of drug-likeness (QED) is 0.936. The predicted octanol–water partition coefficient (Wildman–Crippen LogP) is 2.14. The maximum absolute atomic E-state index is 12.7. The van der Waals surface area contributed by atoms with Gasteiger partial charge in [0, 0.05) is 25.0 Å². The number of nitrogens with zero attached hydrogens (tertiary/aromatic N) is 3. The van der Waals surface area contributed by atoms with Crippen LogP contribution >= 0.6 is 0 Å². The van der Waals surface area contributed by atoms with E-state index in [1.54, 1.807) is 15.8 Å². The molecular formula is C18H22N4O2. The minimum atomic E-state index is -0.488. The van der Waals surface area contributed by atoms with Crippen molar-refractivity contribution in [2.75, 3.05) is 11.4 Å². The van der Waals surface area contributed by atoms with Gasteiger partial charge < -0.3 is 10.2 Å². The third-order valence-corrected chi connectivity index (χ3v) is 4.31. The molecule has 6 nitrogen and oxygen atoms in total. The van der Waals surface area contributed by atoms with Crippen LogP contribution in [0.4, 0.5) is 5.69 Å². The highest BCUT2D eigenvalue weighted by Crippen LogP contribution is 2.21. The Hall–Kier alpha value is -2.63. The van der Waals surface area contributed by atoms with Crippen molar-refractivity contribution in [3.05, 3.63) is 47.8 Å². The maximum Gasteiger partial charge on any atom is 0.255 e. The van der Waals surface area contributed by atoms with Crippen LogP contribution in [0.15, 0.2) is 36.7 Å². The summed E-state index contributed by atoms with van der Waals surface area (Å²) in [5.41, 5.74) is 2.52. The van der Waals surface area contributed by atoms with E-state index in [0.717, 1.165) is 17.7 Å². The second-order valence-corrected chi connectivity index (χ2v) is 6.08. The van der Waals surface area contributed by atoms with Crippen molar-refractivity contribution in [3.63, 3.8) is 0 Å². The van der Waals surface area contributed by atoms with Gasteiger partial charge in [-0.3, -0.25) is 14.3 Å². The van der Waals surface area contributed by atoms with Gasteiger partial charge in [-0.1, -0.05) is 17.7 Å². The summed E-state index contributed by atoms with van der Waals surface area (Å²) in [5, 5.41) is 6.95. The van der Waals surface area contributed by atoms with Crippen LogP contribution in [0.25, 0.3) is 0 Å². The van der Waals surface area contributed by atoms with Gasteiger partial charge in [0.05, 0.1) is 11.8 Å². The van der Waals surface area contributed by atoms with E-state index in [1.165, 1.54) is 6.20 Å². The first kappa shape index (κ1) is 16.2. The molecule has 1 aliphatic rings. The van der Waals surface area contributed by atoms with E-state index in [0.29, 0.717) is 25.1 Å². The third kappa shape index (κ3) is 3.32. The van der Waals surface area contributed by atoms with Crippen molar-refractivity contribution >= 4 is 17.5 Å². The summed E-state index contributed by atoms with van der Waals surface area (Å²) in [6.07, 6.45) is 4.75. The van der Waals surface area contributed by atoms with Gasteiger partial charge in [-0.25, -0.2) is 0 Å². The monoisotopic (exact) mass is 326 g/mol. The molecule has 3 rings (SSSR count). The second-order valence-electron chi connectivity index (χ2n) is 6.08. The zero-order chi connectivity index (χ0) is 17.1. The molecule has 0 unspecified atom stereocenters. The molecule has 2 aromatic rings. The van der Waals surface area contributed by atoms with E-state index in [2.05, 4.69) is 10.4 Å². The first-order valence-corrected chi connectivity index (χ1v) is 8.30. The van der Waals surface area contributed by atoms with E-state index < -0.39 is 6.04 Å². The molecule has 1 N–H and O–H groups in total. The lowest BCUT2D eigenvalue weighted by atomic mass is 10.0. The van der Waals surface area contributed by atoms with Crippen LogP contribution < -0.4 is 10.2 Å². The number of aryl methyl sites for hydroxylation is 2. The normalized spacial score (nSPS) is 17.8. The SMILES string of the molecule is CCn1cc(C(=O)N[C@H]2CCCN(c3ccc(C)cc3)C2=O)cn1. The highest BCUT2D eigenvalue weighted by Gasteiger charge is 2.31. The molecule has 1 aliphatic heterocycles. The lowest BCUT2D eigenvalue weighted by Crippen LogP contribution is -2.52. The maximum atomic E-state index is 12.7. The van der Waals surface area contributed by atoms with Gasteiger partial charge in [0.2, 0.25) is 5.91 Å². The number of hydrogen-bond donors (Lipinski definition) is 1. The van der Waals surface area contributed by atoms with Crippen LogP contribution in [-0.2, 0) is 11.3 Å². The molecule has 1 aromatic heterocycles. The Bertz CT molecular complexity index is 736. The zero-order valence-corrected chi connectivity index (χ0v) is 14.0. The smallest absolute Gasteiger partial charge is 0.255 e. The largest absolute Gasteiger partial charge is 0.340 e. The molecule has 1 saturated heterocycles. The molecule has 0 radical (unpaired) electrons.